The average Bonchev–Trinajstić information content (AvgIpc) is 3.30. The SMILES string of the molecule is O=C(O)[C@H]1CC[C@H](OC2CCN(c3ccc(-c4nc5cc(C(F)(F)F)cc(Br)c5[nH]4)cn3)CC2)CC1. The molecule has 3 heterocycles. The van der Waals surface area contributed by atoms with Crippen LogP contribution in [0.5, 0.6) is 0 Å². The van der Waals surface area contributed by atoms with Crippen molar-refractivity contribution >= 4 is 38.8 Å². The number of ether oxygens (including phenoxy) is 1. The van der Waals surface area contributed by atoms with Crippen LogP contribution < -0.4 is 4.90 Å². The van der Waals surface area contributed by atoms with Gasteiger partial charge >= 0.3 is 12.1 Å². The molecule has 11 heteroatoms. The number of anilines is 1. The second-order valence-corrected chi connectivity index (χ2v) is 10.3. The summed E-state index contributed by atoms with van der Waals surface area (Å²) in [5, 5.41) is 9.15. The van der Waals surface area contributed by atoms with E-state index in [1.807, 2.05) is 12.1 Å². The minimum absolute atomic E-state index is 0.144. The first-order valence-electron chi connectivity index (χ1n) is 12.0. The number of aromatic nitrogens is 3. The third-order valence-corrected chi connectivity index (χ3v) is 7.69. The van der Waals surface area contributed by atoms with Crippen molar-refractivity contribution in [3.8, 4) is 11.4 Å². The van der Waals surface area contributed by atoms with E-state index in [-0.39, 0.29) is 23.6 Å². The lowest BCUT2D eigenvalue weighted by Crippen LogP contribution is -2.39. The molecule has 0 spiro atoms. The van der Waals surface area contributed by atoms with Crippen LogP contribution in [0.15, 0.2) is 34.9 Å². The minimum Gasteiger partial charge on any atom is -0.481 e. The van der Waals surface area contributed by atoms with Crippen LogP contribution in [0.1, 0.15) is 44.1 Å². The van der Waals surface area contributed by atoms with Crippen molar-refractivity contribution in [2.24, 2.45) is 5.92 Å². The van der Waals surface area contributed by atoms with E-state index in [9.17, 15) is 18.0 Å². The molecule has 1 aliphatic heterocycles. The number of hydrogen-bond donors (Lipinski definition) is 2. The van der Waals surface area contributed by atoms with Gasteiger partial charge in [0.25, 0.3) is 0 Å². The molecule has 2 fully saturated rings. The van der Waals surface area contributed by atoms with Gasteiger partial charge in [-0.2, -0.15) is 13.2 Å². The van der Waals surface area contributed by atoms with Crippen LogP contribution in [0.2, 0.25) is 0 Å². The summed E-state index contributed by atoms with van der Waals surface area (Å²) in [5.74, 6) is 0.341. The Morgan fingerprint density at radius 3 is 2.39 bits per heavy atom. The van der Waals surface area contributed by atoms with Gasteiger partial charge in [-0.3, -0.25) is 4.79 Å². The highest BCUT2D eigenvalue weighted by Crippen LogP contribution is 2.36. The topological polar surface area (TPSA) is 91.3 Å². The summed E-state index contributed by atoms with van der Waals surface area (Å²) in [6, 6.07) is 5.83. The molecule has 1 saturated heterocycles. The standard InChI is InChI=1S/C25H26BrF3N4O3/c26-19-11-16(25(27,28)29)12-20-22(19)32-23(31-20)15-3-6-21(30-13-15)33-9-7-18(8-10-33)36-17-4-1-14(2-5-17)24(34)35/h3,6,11-14,17-18H,1-2,4-5,7-10H2,(H,31,32)(H,34,35)/t14-,17-. The second kappa shape index (κ2) is 10.0. The van der Waals surface area contributed by atoms with Gasteiger partial charge in [0.2, 0.25) is 0 Å². The van der Waals surface area contributed by atoms with Gasteiger partial charge in [0.15, 0.2) is 0 Å². The van der Waals surface area contributed by atoms with E-state index in [0.29, 0.717) is 34.2 Å². The van der Waals surface area contributed by atoms with Crippen LogP contribution in [0.25, 0.3) is 22.4 Å². The molecule has 0 amide bonds. The number of halogens is 4. The van der Waals surface area contributed by atoms with E-state index < -0.39 is 17.7 Å². The summed E-state index contributed by atoms with van der Waals surface area (Å²) in [5.41, 5.74) is 0.661. The van der Waals surface area contributed by atoms with Crippen molar-refractivity contribution in [3.63, 3.8) is 0 Å². The fourth-order valence-electron chi connectivity index (χ4n) is 5.02. The quantitative estimate of drug-likeness (QED) is 0.391. The van der Waals surface area contributed by atoms with Crippen LogP contribution in [0.4, 0.5) is 19.0 Å². The minimum atomic E-state index is -4.45. The first-order chi connectivity index (χ1) is 17.2. The Morgan fingerprint density at radius 2 is 1.78 bits per heavy atom. The van der Waals surface area contributed by atoms with Crippen molar-refractivity contribution in [2.45, 2.75) is 56.9 Å². The van der Waals surface area contributed by atoms with E-state index in [0.717, 1.165) is 56.7 Å². The van der Waals surface area contributed by atoms with Crippen LogP contribution in [0, 0.1) is 5.92 Å². The Hall–Kier alpha value is -2.66. The molecular formula is C25H26BrF3N4O3. The highest BCUT2D eigenvalue weighted by Gasteiger charge is 2.32. The largest absolute Gasteiger partial charge is 0.481 e. The molecule has 5 rings (SSSR count). The predicted molar refractivity (Wildman–Crippen MR) is 132 cm³/mol. The summed E-state index contributed by atoms with van der Waals surface area (Å²) >= 11 is 3.21. The first kappa shape index (κ1) is 25.0. The van der Waals surface area contributed by atoms with E-state index in [1.165, 1.54) is 0 Å². The number of rotatable bonds is 5. The molecule has 3 aromatic rings. The van der Waals surface area contributed by atoms with E-state index in [4.69, 9.17) is 9.84 Å². The number of piperidine rings is 1. The molecule has 0 radical (unpaired) electrons. The Labute approximate surface area is 214 Å². The summed E-state index contributed by atoms with van der Waals surface area (Å²) in [6.45, 7) is 1.61. The zero-order valence-corrected chi connectivity index (χ0v) is 21.0. The lowest BCUT2D eigenvalue weighted by molar-refractivity contribution is -0.144. The fraction of sp³-hybridized carbons (Fsp3) is 0.480. The molecule has 2 N–H and O–H groups in total. The van der Waals surface area contributed by atoms with Crippen molar-refractivity contribution in [2.75, 3.05) is 18.0 Å². The van der Waals surface area contributed by atoms with Crippen LogP contribution >= 0.6 is 15.9 Å². The maximum atomic E-state index is 13.1. The normalized spacial score (nSPS) is 21.7. The molecule has 0 atom stereocenters. The number of alkyl halides is 3. The monoisotopic (exact) mass is 566 g/mol. The smallest absolute Gasteiger partial charge is 0.416 e. The summed E-state index contributed by atoms with van der Waals surface area (Å²) in [6.07, 6.45) is 2.26. The van der Waals surface area contributed by atoms with Crippen LogP contribution in [-0.2, 0) is 15.7 Å². The molecule has 2 aromatic heterocycles. The maximum absolute atomic E-state index is 13.1. The van der Waals surface area contributed by atoms with Crippen molar-refractivity contribution in [1.82, 2.24) is 15.0 Å². The van der Waals surface area contributed by atoms with Gasteiger partial charge in [-0.1, -0.05) is 0 Å². The number of imidazole rings is 1. The number of nitrogens with one attached hydrogen (secondary N) is 1. The lowest BCUT2D eigenvalue weighted by Gasteiger charge is -2.36. The Morgan fingerprint density at radius 1 is 1.08 bits per heavy atom. The number of benzene rings is 1. The molecule has 2 aliphatic rings. The number of aromatic amines is 1. The average molecular weight is 567 g/mol. The molecular weight excluding hydrogens is 541 g/mol. The van der Waals surface area contributed by atoms with Gasteiger partial charge in [-0.25, -0.2) is 9.97 Å². The number of hydrogen-bond acceptors (Lipinski definition) is 5. The number of carboxylic acid groups (broad SMARTS) is 1. The van der Waals surface area contributed by atoms with Gasteiger partial charge in [-0.05, 0) is 78.7 Å². The number of H-pyrrole nitrogens is 1. The zero-order chi connectivity index (χ0) is 25.4. The number of aliphatic carboxylic acids is 1. The number of fused-ring (bicyclic) bond motifs is 1. The third kappa shape index (κ3) is 5.36. The summed E-state index contributed by atoms with van der Waals surface area (Å²) in [7, 11) is 0. The molecule has 0 unspecified atom stereocenters. The van der Waals surface area contributed by atoms with E-state index in [2.05, 4.69) is 35.8 Å². The first-order valence-corrected chi connectivity index (χ1v) is 12.8. The molecule has 36 heavy (non-hydrogen) atoms. The predicted octanol–water partition coefficient (Wildman–Crippen LogP) is 6.04. The number of carbonyl (C=O) groups is 1. The second-order valence-electron chi connectivity index (χ2n) is 9.47. The molecule has 192 valence electrons. The molecule has 1 aliphatic carbocycles. The van der Waals surface area contributed by atoms with Gasteiger partial charge in [0, 0.05) is 29.3 Å². The van der Waals surface area contributed by atoms with Crippen LogP contribution in [0.3, 0.4) is 0 Å². The number of carboxylic acids is 1. The maximum Gasteiger partial charge on any atom is 0.416 e. The summed E-state index contributed by atoms with van der Waals surface area (Å²) < 4.78 is 45.9. The van der Waals surface area contributed by atoms with Crippen molar-refractivity contribution in [3.05, 3.63) is 40.5 Å². The van der Waals surface area contributed by atoms with Crippen LogP contribution in [-0.4, -0.2) is 51.3 Å². The Kier molecular flexibility index (Phi) is 6.95. The Balaban J connectivity index is 1.19. The van der Waals surface area contributed by atoms with Crippen molar-refractivity contribution in [1.29, 1.82) is 0 Å². The van der Waals surface area contributed by atoms with Gasteiger partial charge in [-0.15, -0.1) is 0 Å². The van der Waals surface area contributed by atoms with Gasteiger partial charge in [0.1, 0.15) is 11.6 Å². The number of nitrogens with zero attached hydrogens (tertiary/aromatic N) is 3. The Bertz CT molecular complexity index is 1230. The zero-order valence-electron chi connectivity index (χ0n) is 19.4. The third-order valence-electron chi connectivity index (χ3n) is 7.07. The van der Waals surface area contributed by atoms with Gasteiger partial charge in [0.05, 0.1) is 34.7 Å². The summed E-state index contributed by atoms with van der Waals surface area (Å²) in [4.78, 5) is 25.3. The van der Waals surface area contributed by atoms with Gasteiger partial charge < -0.3 is 19.7 Å². The van der Waals surface area contributed by atoms with E-state index in [1.54, 1.807) is 6.20 Å². The highest BCUT2D eigenvalue weighted by atomic mass is 79.9. The fourth-order valence-corrected chi connectivity index (χ4v) is 5.57. The number of pyridine rings is 1. The molecule has 0 bridgehead atoms. The molecule has 1 saturated carbocycles. The van der Waals surface area contributed by atoms with E-state index >= 15 is 0 Å². The van der Waals surface area contributed by atoms with Crippen molar-refractivity contribution < 1.29 is 27.8 Å². The lowest BCUT2D eigenvalue weighted by atomic mass is 9.87. The molecule has 7 nitrogen and oxygen atoms in total. The highest BCUT2D eigenvalue weighted by molar-refractivity contribution is 9.10. The molecule has 1 aromatic carbocycles.